The zero-order valence-corrected chi connectivity index (χ0v) is 12.8. The second-order valence-corrected chi connectivity index (χ2v) is 8.05. The van der Waals surface area contributed by atoms with Crippen molar-refractivity contribution in [1.29, 1.82) is 0 Å². The Morgan fingerprint density at radius 2 is 1.90 bits per heavy atom. The number of benzene rings is 1. The van der Waals surface area contributed by atoms with Gasteiger partial charge in [-0.25, -0.2) is 0 Å². The average molecular weight is 388 g/mol. The molecule has 0 radical (unpaired) electrons. The Morgan fingerprint density at radius 3 is 2.65 bits per heavy atom. The van der Waals surface area contributed by atoms with Crippen molar-refractivity contribution in [2.75, 3.05) is 0 Å². The van der Waals surface area contributed by atoms with Gasteiger partial charge in [0.25, 0.3) is 0 Å². The van der Waals surface area contributed by atoms with E-state index < -0.39 is 26.6 Å². The molecule has 0 aromatic heterocycles. The minimum atomic E-state index is -2.66. The van der Waals surface area contributed by atoms with Crippen LogP contribution in [-0.2, 0) is 15.7 Å². The topological polar surface area (TPSA) is 69.7 Å². The molecule has 1 aromatic carbocycles. The molecule has 0 bridgehead atoms. The monoisotopic (exact) mass is 388 g/mol. The molecule has 0 N–H and O–H groups in total. The number of ketones is 1. The standard InChI is InChI=1S/C14H13IO5/c16-10-7-5-9(6-8-10)13(17)19-15-12-4-2-1-3-11(12)14(18)20-15/h1-4,9H,5-8H2. The van der Waals surface area contributed by atoms with Crippen LogP contribution >= 0.6 is 20.6 Å². The van der Waals surface area contributed by atoms with Crippen LogP contribution in [0.2, 0.25) is 0 Å². The zero-order chi connectivity index (χ0) is 14.1. The van der Waals surface area contributed by atoms with Crippen LogP contribution in [0, 0.1) is 9.49 Å². The van der Waals surface area contributed by atoms with Crippen molar-refractivity contribution in [1.82, 2.24) is 0 Å². The minimum absolute atomic E-state index is 0.200. The van der Waals surface area contributed by atoms with Crippen molar-refractivity contribution in [2.45, 2.75) is 25.7 Å². The second kappa shape index (κ2) is 5.51. The van der Waals surface area contributed by atoms with Gasteiger partial charge in [0.05, 0.1) is 0 Å². The van der Waals surface area contributed by atoms with Gasteiger partial charge in [-0.3, -0.25) is 0 Å². The van der Waals surface area contributed by atoms with Crippen molar-refractivity contribution < 1.29 is 20.5 Å². The Labute approximate surface area is 124 Å². The molecular weight excluding hydrogens is 375 g/mol. The number of carbonyl (C=O) groups is 3. The Morgan fingerprint density at radius 1 is 1.20 bits per heavy atom. The summed E-state index contributed by atoms with van der Waals surface area (Å²) in [5.41, 5.74) is 0.504. The first-order chi connectivity index (χ1) is 9.65. The van der Waals surface area contributed by atoms with Gasteiger partial charge in [-0.15, -0.1) is 0 Å². The van der Waals surface area contributed by atoms with E-state index in [0.29, 0.717) is 31.2 Å². The quantitative estimate of drug-likeness (QED) is 0.729. The van der Waals surface area contributed by atoms with Crippen LogP contribution in [0.15, 0.2) is 24.3 Å². The fraction of sp³-hybridized carbons (Fsp3) is 0.357. The molecule has 106 valence electrons. The Kier molecular flexibility index (Phi) is 3.73. The fourth-order valence-electron chi connectivity index (χ4n) is 2.27. The van der Waals surface area contributed by atoms with E-state index in [9.17, 15) is 14.4 Å². The van der Waals surface area contributed by atoms with Gasteiger partial charge in [-0.1, -0.05) is 0 Å². The molecule has 1 aliphatic carbocycles. The van der Waals surface area contributed by atoms with Crippen LogP contribution in [0.4, 0.5) is 0 Å². The van der Waals surface area contributed by atoms with Crippen molar-refractivity contribution in [3.05, 3.63) is 33.4 Å². The van der Waals surface area contributed by atoms with Crippen LogP contribution in [0.25, 0.3) is 0 Å². The first-order valence-corrected chi connectivity index (χ1v) is 9.25. The van der Waals surface area contributed by atoms with Crippen LogP contribution in [0.1, 0.15) is 36.0 Å². The van der Waals surface area contributed by atoms with Crippen LogP contribution in [0.5, 0.6) is 0 Å². The molecule has 0 unspecified atom stereocenters. The summed E-state index contributed by atoms with van der Waals surface area (Å²) in [4.78, 5) is 34.9. The number of fused-ring (bicyclic) bond motifs is 1. The molecule has 0 atom stereocenters. The number of carbonyl (C=O) groups excluding carboxylic acids is 3. The van der Waals surface area contributed by atoms with E-state index in [1.54, 1.807) is 24.3 Å². The van der Waals surface area contributed by atoms with Gasteiger partial charge in [0, 0.05) is 0 Å². The van der Waals surface area contributed by atoms with Crippen molar-refractivity contribution in [2.24, 2.45) is 5.92 Å². The molecule has 1 saturated carbocycles. The van der Waals surface area contributed by atoms with Crippen LogP contribution in [-0.4, -0.2) is 17.7 Å². The normalized spacial score (nSPS) is 20.5. The van der Waals surface area contributed by atoms with Gasteiger partial charge in [0.1, 0.15) is 0 Å². The van der Waals surface area contributed by atoms with Gasteiger partial charge in [-0.2, -0.15) is 0 Å². The first-order valence-electron chi connectivity index (χ1n) is 6.41. The molecule has 1 fully saturated rings. The second-order valence-electron chi connectivity index (χ2n) is 4.77. The van der Waals surface area contributed by atoms with E-state index in [0.717, 1.165) is 3.57 Å². The third-order valence-electron chi connectivity index (χ3n) is 3.42. The van der Waals surface area contributed by atoms with Gasteiger partial charge in [0.2, 0.25) is 0 Å². The van der Waals surface area contributed by atoms with Crippen molar-refractivity contribution in [3.8, 4) is 0 Å². The number of rotatable bonds is 2. The van der Waals surface area contributed by atoms with Gasteiger partial charge in [0.15, 0.2) is 0 Å². The van der Waals surface area contributed by atoms with Crippen molar-refractivity contribution in [3.63, 3.8) is 0 Å². The molecule has 3 rings (SSSR count). The Bertz CT molecular complexity index is 573. The predicted molar refractivity (Wildman–Crippen MR) is 77.6 cm³/mol. The predicted octanol–water partition coefficient (Wildman–Crippen LogP) is 2.67. The molecule has 0 spiro atoms. The Hall–Kier alpha value is -1.44. The summed E-state index contributed by atoms with van der Waals surface area (Å²) >= 11 is -2.66. The van der Waals surface area contributed by atoms with Crippen molar-refractivity contribution >= 4 is 38.4 Å². The van der Waals surface area contributed by atoms with E-state index >= 15 is 0 Å². The molecule has 0 amide bonds. The van der Waals surface area contributed by atoms with Gasteiger partial charge < -0.3 is 0 Å². The Balaban J connectivity index is 1.68. The first kappa shape index (κ1) is 13.5. The molecule has 1 aliphatic heterocycles. The van der Waals surface area contributed by atoms with E-state index in [4.69, 9.17) is 6.13 Å². The van der Waals surface area contributed by atoms with Gasteiger partial charge in [-0.05, 0) is 0 Å². The van der Waals surface area contributed by atoms with Gasteiger partial charge >= 0.3 is 124 Å². The number of Topliss-reactive ketones (excluding diaryl/α,β-unsaturated/α-hetero) is 1. The summed E-state index contributed by atoms with van der Waals surface area (Å²) < 4.78 is 11.4. The summed E-state index contributed by atoms with van der Waals surface area (Å²) in [5.74, 6) is -0.772. The molecular formula is C14H13IO5. The third kappa shape index (κ3) is 2.56. The summed E-state index contributed by atoms with van der Waals surface area (Å²) in [6, 6.07) is 7.03. The molecule has 0 saturated heterocycles. The van der Waals surface area contributed by atoms with Crippen LogP contribution in [0.3, 0.4) is 0 Å². The maximum atomic E-state index is 12.1. The maximum absolute atomic E-state index is 12.1. The molecule has 2 aliphatic rings. The third-order valence-corrected chi connectivity index (χ3v) is 6.95. The summed E-state index contributed by atoms with van der Waals surface area (Å²) in [6.07, 6.45) is 1.95. The number of halogens is 1. The fourth-order valence-corrected chi connectivity index (χ4v) is 5.57. The average Bonchev–Trinajstić information content (AvgIpc) is 2.77. The molecule has 6 heteroatoms. The molecule has 5 nitrogen and oxygen atoms in total. The molecule has 1 aromatic rings. The van der Waals surface area contributed by atoms with E-state index in [1.807, 2.05) is 0 Å². The summed E-state index contributed by atoms with van der Waals surface area (Å²) in [5, 5.41) is 0. The molecule has 1 heterocycles. The summed E-state index contributed by atoms with van der Waals surface area (Å²) in [6.45, 7) is 0. The van der Waals surface area contributed by atoms with E-state index in [-0.39, 0.29) is 17.7 Å². The van der Waals surface area contributed by atoms with Crippen LogP contribution < -0.4 is 0 Å². The number of hydrogen-bond donors (Lipinski definition) is 0. The molecule has 20 heavy (non-hydrogen) atoms. The van der Waals surface area contributed by atoms with E-state index in [1.165, 1.54) is 0 Å². The van der Waals surface area contributed by atoms with E-state index in [2.05, 4.69) is 0 Å². The SMILES string of the molecule is O=C1CCC(C(=O)OI2OC(=O)c3ccccc32)CC1. The summed E-state index contributed by atoms with van der Waals surface area (Å²) in [7, 11) is 0. The number of hydrogen-bond acceptors (Lipinski definition) is 5. The zero-order valence-electron chi connectivity index (χ0n) is 10.6.